The lowest BCUT2D eigenvalue weighted by Gasteiger charge is -2.17. The quantitative estimate of drug-likeness (QED) is 0.910. The fraction of sp³-hybridized carbons (Fsp3) is 0.312. The van der Waals surface area contributed by atoms with Crippen LogP contribution in [-0.2, 0) is 0 Å². The maximum Gasteiger partial charge on any atom is 0.271 e. The molecule has 1 heterocycles. The molecule has 2 rings (SSSR count). The predicted molar refractivity (Wildman–Crippen MR) is 88.1 cm³/mol. The van der Waals surface area contributed by atoms with Gasteiger partial charge in [-0.1, -0.05) is 62.4 Å². The lowest BCUT2D eigenvalue weighted by Crippen LogP contribution is -2.28. The first-order valence-corrected chi connectivity index (χ1v) is 7.63. The van der Waals surface area contributed by atoms with E-state index in [1.165, 1.54) is 11.3 Å². The van der Waals surface area contributed by atoms with Crippen molar-refractivity contribution in [1.29, 1.82) is 0 Å². The van der Waals surface area contributed by atoms with Crippen LogP contribution in [0, 0.1) is 11.8 Å². The average Bonchev–Trinajstić information content (AvgIpc) is 2.80. The van der Waals surface area contributed by atoms with E-state index in [-0.39, 0.29) is 11.3 Å². The van der Waals surface area contributed by atoms with Crippen molar-refractivity contribution >= 4 is 22.4 Å². The zero-order chi connectivity index (χ0) is 15.5. The van der Waals surface area contributed by atoms with Gasteiger partial charge in [0.2, 0.25) is 0 Å². The fourth-order valence-corrected chi connectivity index (χ4v) is 2.64. The third kappa shape index (κ3) is 4.29. The van der Waals surface area contributed by atoms with Gasteiger partial charge < -0.3 is 11.1 Å². The third-order valence-electron chi connectivity index (χ3n) is 2.87. The van der Waals surface area contributed by atoms with Crippen molar-refractivity contribution in [2.75, 3.05) is 12.3 Å². The monoisotopic (exact) mass is 302 g/mol. The molecule has 111 valence electrons. The second-order valence-corrected chi connectivity index (χ2v) is 6.91. The highest BCUT2D eigenvalue weighted by Gasteiger charge is 2.19. The Morgan fingerprint density at radius 1 is 1.33 bits per heavy atom. The van der Waals surface area contributed by atoms with Crippen molar-refractivity contribution in [1.82, 2.24) is 10.3 Å². The smallest absolute Gasteiger partial charge is 0.271 e. The molecule has 3 N–H and O–H groups in total. The number of nitrogens with one attached hydrogen (secondary N) is 1. The molecule has 0 unspecified atom stereocenters. The van der Waals surface area contributed by atoms with Crippen molar-refractivity contribution < 1.29 is 4.79 Å². The molecule has 1 aromatic carbocycles. The molecule has 0 saturated carbocycles. The number of rotatable bonds is 4. The summed E-state index contributed by atoms with van der Waals surface area (Å²) < 4.78 is 0. The van der Waals surface area contributed by atoms with Gasteiger partial charge in [0.05, 0.1) is 4.88 Å². The number of carbonyl (C=O) groups is 1. The first kappa shape index (κ1) is 15.5. The maximum atomic E-state index is 12.3. The number of benzene rings is 1. The zero-order valence-corrected chi connectivity index (χ0v) is 13.3. The Labute approximate surface area is 129 Å². The van der Waals surface area contributed by atoms with Crippen LogP contribution in [0.3, 0.4) is 0 Å². The minimum Gasteiger partial charge on any atom is -0.375 e. The van der Waals surface area contributed by atoms with Crippen LogP contribution in [0.5, 0.6) is 0 Å². The Balaban J connectivity index is 2.15. The van der Waals surface area contributed by atoms with Crippen LogP contribution in [0.2, 0.25) is 0 Å². The Hall–Kier alpha value is -1.88. The summed E-state index contributed by atoms with van der Waals surface area (Å²) in [7, 11) is 0. The van der Waals surface area contributed by atoms with E-state index in [1.54, 1.807) is 0 Å². The molecule has 0 spiro atoms. The zero-order valence-electron chi connectivity index (χ0n) is 12.5. The number of hydrogen-bond donors (Lipinski definition) is 2. The predicted octanol–water partition coefficient (Wildman–Crippen LogP) is 3.37. The second kappa shape index (κ2) is 6.26. The lowest BCUT2D eigenvalue weighted by molar-refractivity contribution is 0.0951. The second-order valence-electron chi connectivity index (χ2n) is 5.88. The summed E-state index contributed by atoms with van der Waals surface area (Å²) >= 11 is 1.33. The molecule has 0 aliphatic rings. The standard InChI is InChI=1S/C16H20N3OS/c1-16(2,3)9-10-18-14(20)12-13(21-15(17)19-12)11-7-5-4-6-8-11/h4-9H,10H2,1-3H3,(H2,17,19)(H,18,20). The lowest BCUT2D eigenvalue weighted by atomic mass is 9.92. The highest BCUT2D eigenvalue weighted by molar-refractivity contribution is 7.19. The molecule has 0 fully saturated rings. The van der Waals surface area contributed by atoms with Crippen LogP contribution in [0.4, 0.5) is 5.13 Å². The van der Waals surface area contributed by atoms with Crippen molar-refractivity contribution in [2.45, 2.75) is 20.8 Å². The van der Waals surface area contributed by atoms with Gasteiger partial charge in [0, 0.05) is 6.54 Å². The highest BCUT2D eigenvalue weighted by Crippen LogP contribution is 2.31. The van der Waals surface area contributed by atoms with Gasteiger partial charge in [-0.2, -0.15) is 0 Å². The van der Waals surface area contributed by atoms with Crippen LogP contribution in [0.15, 0.2) is 30.3 Å². The largest absolute Gasteiger partial charge is 0.375 e. The summed E-state index contributed by atoms with van der Waals surface area (Å²) in [6.07, 6.45) is 2.06. The SMILES string of the molecule is CC(C)(C)[CH]CNC(=O)c1nc(N)sc1-c1ccccc1. The maximum absolute atomic E-state index is 12.3. The summed E-state index contributed by atoms with van der Waals surface area (Å²) in [6.45, 7) is 6.79. The van der Waals surface area contributed by atoms with E-state index in [0.717, 1.165) is 10.4 Å². The number of hydrogen-bond acceptors (Lipinski definition) is 4. The molecule has 1 radical (unpaired) electrons. The summed E-state index contributed by atoms with van der Waals surface area (Å²) in [6, 6.07) is 9.70. The molecule has 0 aliphatic carbocycles. The van der Waals surface area contributed by atoms with E-state index in [9.17, 15) is 4.79 Å². The van der Waals surface area contributed by atoms with Gasteiger partial charge in [-0.05, 0) is 17.4 Å². The molecule has 4 nitrogen and oxygen atoms in total. The van der Waals surface area contributed by atoms with Crippen LogP contribution in [0.1, 0.15) is 31.3 Å². The molecule has 21 heavy (non-hydrogen) atoms. The Morgan fingerprint density at radius 3 is 2.62 bits per heavy atom. The van der Waals surface area contributed by atoms with Gasteiger partial charge in [-0.15, -0.1) is 0 Å². The normalized spacial score (nSPS) is 11.4. The van der Waals surface area contributed by atoms with Gasteiger partial charge in [0.25, 0.3) is 5.91 Å². The fourth-order valence-electron chi connectivity index (χ4n) is 1.81. The topological polar surface area (TPSA) is 68.0 Å². The number of amides is 1. The highest BCUT2D eigenvalue weighted by atomic mass is 32.1. The number of carbonyl (C=O) groups excluding carboxylic acids is 1. The minimum absolute atomic E-state index is 0.0661. The summed E-state index contributed by atoms with van der Waals surface area (Å²) in [4.78, 5) is 17.3. The molecule has 1 aromatic heterocycles. The molecule has 2 aromatic rings. The molecular weight excluding hydrogens is 282 g/mol. The number of nitrogens with zero attached hydrogens (tertiary/aromatic N) is 1. The third-order valence-corrected chi connectivity index (χ3v) is 3.81. The van der Waals surface area contributed by atoms with E-state index >= 15 is 0 Å². The summed E-state index contributed by atoms with van der Waals surface area (Å²) in [5, 5.41) is 3.27. The Bertz CT molecular complexity index is 614. The van der Waals surface area contributed by atoms with Crippen molar-refractivity contribution in [3.8, 4) is 10.4 Å². The van der Waals surface area contributed by atoms with Crippen LogP contribution < -0.4 is 11.1 Å². The number of thiazole rings is 1. The number of anilines is 1. The van der Waals surface area contributed by atoms with Crippen LogP contribution >= 0.6 is 11.3 Å². The van der Waals surface area contributed by atoms with Gasteiger partial charge in [-0.3, -0.25) is 4.79 Å². The summed E-state index contributed by atoms with van der Waals surface area (Å²) in [5.74, 6) is -0.192. The molecule has 1 amide bonds. The van der Waals surface area contributed by atoms with E-state index < -0.39 is 0 Å². The van der Waals surface area contributed by atoms with E-state index in [0.29, 0.717) is 17.4 Å². The van der Waals surface area contributed by atoms with Gasteiger partial charge >= 0.3 is 0 Å². The minimum atomic E-state index is -0.192. The first-order chi connectivity index (χ1) is 9.87. The number of nitrogen functional groups attached to an aromatic ring is 1. The van der Waals surface area contributed by atoms with Crippen molar-refractivity contribution in [3.63, 3.8) is 0 Å². The molecule has 0 atom stereocenters. The van der Waals surface area contributed by atoms with E-state index in [4.69, 9.17) is 5.73 Å². The Kier molecular flexibility index (Phi) is 4.63. The summed E-state index contributed by atoms with van der Waals surface area (Å²) in [5.41, 5.74) is 7.19. The molecule has 0 saturated heterocycles. The van der Waals surface area contributed by atoms with E-state index in [2.05, 4.69) is 37.5 Å². The Morgan fingerprint density at radius 2 is 2.00 bits per heavy atom. The van der Waals surface area contributed by atoms with Crippen LogP contribution in [-0.4, -0.2) is 17.4 Å². The van der Waals surface area contributed by atoms with Crippen LogP contribution in [0.25, 0.3) is 10.4 Å². The van der Waals surface area contributed by atoms with Crippen molar-refractivity contribution in [3.05, 3.63) is 42.4 Å². The van der Waals surface area contributed by atoms with E-state index in [1.807, 2.05) is 30.3 Å². The average molecular weight is 302 g/mol. The number of nitrogens with two attached hydrogens (primary N) is 1. The molecule has 5 heteroatoms. The first-order valence-electron chi connectivity index (χ1n) is 6.81. The molecule has 0 bridgehead atoms. The van der Waals surface area contributed by atoms with Crippen molar-refractivity contribution in [2.24, 2.45) is 5.41 Å². The molecule has 0 aliphatic heterocycles. The van der Waals surface area contributed by atoms with Gasteiger partial charge in [-0.25, -0.2) is 4.98 Å². The number of aromatic nitrogens is 1. The van der Waals surface area contributed by atoms with Gasteiger partial charge in [0.1, 0.15) is 5.69 Å². The van der Waals surface area contributed by atoms with Gasteiger partial charge in [0.15, 0.2) is 5.13 Å². The molecular formula is C16H20N3OS.